The highest BCUT2D eigenvalue weighted by Crippen LogP contribution is 2.39. The average molecular weight is 464 g/mol. The van der Waals surface area contributed by atoms with Crippen molar-refractivity contribution < 1.29 is 28.4 Å². The number of likely N-dealkylation sites (tertiary alicyclic amines) is 1. The van der Waals surface area contributed by atoms with Gasteiger partial charge in [0, 0.05) is 19.5 Å². The van der Waals surface area contributed by atoms with Gasteiger partial charge in [-0.05, 0) is 55.4 Å². The average Bonchev–Trinajstić information content (AvgIpc) is 3.20. The van der Waals surface area contributed by atoms with Crippen LogP contribution in [0.1, 0.15) is 36.8 Å². The number of nitrogens with zero attached hydrogens (tertiary/aromatic N) is 1. The van der Waals surface area contributed by atoms with Gasteiger partial charge < -0.3 is 25.6 Å². The van der Waals surface area contributed by atoms with Gasteiger partial charge in [-0.1, -0.05) is 42.5 Å². The van der Waals surface area contributed by atoms with E-state index in [-0.39, 0.29) is 18.6 Å². The summed E-state index contributed by atoms with van der Waals surface area (Å²) in [6, 6.07) is 18.2. The first kappa shape index (κ1) is 26.0. The highest BCUT2D eigenvalue weighted by molar-refractivity contribution is 7.46. The van der Waals surface area contributed by atoms with E-state index in [0.29, 0.717) is 32.4 Å². The van der Waals surface area contributed by atoms with Crippen molar-refractivity contribution in [2.45, 2.75) is 44.6 Å². The lowest BCUT2D eigenvalue weighted by Crippen LogP contribution is -2.30. The third-order valence-electron chi connectivity index (χ3n) is 5.28. The standard InChI is InChI=1S/C23H30NO6P.H3N/c25-23(24-15-14-22(18-24)30-31(26,27)28)13-12-20-10-6-11-21(17-20)29-16-5-4-9-19-7-2-1-3-8-19;/h1-3,6-8,10-11,17,22H,4-5,9,12-16,18H2,(H2,26,27,28);1H3/t22-;/m1./s1. The second kappa shape index (κ2) is 12.7. The maximum atomic E-state index is 12.4. The molecule has 1 heterocycles. The maximum absolute atomic E-state index is 12.4. The van der Waals surface area contributed by atoms with Crippen molar-refractivity contribution >= 4 is 13.7 Å². The molecule has 2 aromatic carbocycles. The van der Waals surface area contributed by atoms with Crippen molar-refractivity contribution in [1.29, 1.82) is 0 Å². The van der Waals surface area contributed by atoms with Crippen LogP contribution >= 0.6 is 7.82 Å². The summed E-state index contributed by atoms with van der Waals surface area (Å²) in [4.78, 5) is 31.8. The van der Waals surface area contributed by atoms with Crippen LogP contribution in [0.5, 0.6) is 5.75 Å². The molecule has 1 aliphatic heterocycles. The Labute approximate surface area is 189 Å². The van der Waals surface area contributed by atoms with E-state index in [1.165, 1.54) is 5.56 Å². The molecule has 0 unspecified atom stereocenters. The van der Waals surface area contributed by atoms with Crippen LogP contribution in [-0.4, -0.2) is 46.4 Å². The van der Waals surface area contributed by atoms with E-state index in [0.717, 1.165) is 30.6 Å². The summed E-state index contributed by atoms with van der Waals surface area (Å²) in [5.74, 6) is 0.769. The fraction of sp³-hybridized carbons (Fsp3) is 0.435. The molecule has 9 heteroatoms. The minimum Gasteiger partial charge on any atom is -0.494 e. The molecular weight excluding hydrogens is 431 g/mol. The number of hydrogen-bond acceptors (Lipinski definition) is 5. The fourth-order valence-electron chi connectivity index (χ4n) is 3.70. The number of phosphoric acid groups is 1. The molecule has 0 aromatic heterocycles. The van der Waals surface area contributed by atoms with Gasteiger partial charge in [-0.3, -0.25) is 9.32 Å². The number of hydrogen-bond donors (Lipinski definition) is 3. The third-order valence-corrected chi connectivity index (χ3v) is 5.85. The van der Waals surface area contributed by atoms with E-state index in [1.54, 1.807) is 4.90 Å². The fourth-order valence-corrected chi connectivity index (χ4v) is 4.26. The summed E-state index contributed by atoms with van der Waals surface area (Å²) in [6.45, 7) is 1.33. The molecule has 176 valence electrons. The largest absolute Gasteiger partial charge is 0.494 e. The van der Waals surface area contributed by atoms with Crippen molar-refractivity contribution in [2.24, 2.45) is 0 Å². The van der Waals surface area contributed by atoms with Crippen LogP contribution in [0.15, 0.2) is 54.6 Å². The van der Waals surface area contributed by atoms with E-state index >= 15 is 0 Å². The molecule has 0 aliphatic carbocycles. The van der Waals surface area contributed by atoms with E-state index in [4.69, 9.17) is 19.0 Å². The zero-order chi connectivity index (χ0) is 22.1. The number of unbranched alkanes of at least 4 members (excludes halogenated alkanes) is 1. The zero-order valence-corrected chi connectivity index (χ0v) is 19.2. The first-order valence-electron chi connectivity index (χ1n) is 10.7. The third kappa shape index (κ3) is 9.10. The van der Waals surface area contributed by atoms with E-state index < -0.39 is 13.9 Å². The van der Waals surface area contributed by atoms with Gasteiger partial charge in [0.25, 0.3) is 0 Å². The molecule has 1 aliphatic rings. The Kier molecular flexibility index (Phi) is 10.4. The summed E-state index contributed by atoms with van der Waals surface area (Å²) in [7, 11) is -4.52. The Morgan fingerprint density at radius 3 is 2.53 bits per heavy atom. The lowest BCUT2D eigenvalue weighted by Gasteiger charge is -2.17. The van der Waals surface area contributed by atoms with Gasteiger partial charge in [-0.2, -0.15) is 0 Å². The highest BCUT2D eigenvalue weighted by Gasteiger charge is 2.31. The van der Waals surface area contributed by atoms with Crippen LogP contribution in [0.4, 0.5) is 0 Å². The van der Waals surface area contributed by atoms with Crippen molar-refractivity contribution in [3.63, 3.8) is 0 Å². The Morgan fingerprint density at radius 1 is 1.03 bits per heavy atom. The van der Waals surface area contributed by atoms with Gasteiger partial charge in [-0.25, -0.2) is 4.57 Å². The van der Waals surface area contributed by atoms with E-state index in [2.05, 4.69) is 24.3 Å². The summed E-state index contributed by atoms with van der Waals surface area (Å²) in [6.07, 6.45) is 3.84. The maximum Gasteiger partial charge on any atom is 0.469 e. The minimum absolute atomic E-state index is 0. The lowest BCUT2D eigenvalue weighted by atomic mass is 10.1. The molecule has 1 saturated heterocycles. The lowest BCUT2D eigenvalue weighted by molar-refractivity contribution is -0.130. The smallest absolute Gasteiger partial charge is 0.469 e. The van der Waals surface area contributed by atoms with Crippen LogP contribution in [0.2, 0.25) is 0 Å². The molecule has 32 heavy (non-hydrogen) atoms. The van der Waals surface area contributed by atoms with E-state index in [9.17, 15) is 9.36 Å². The van der Waals surface area contributed by atoms with Crippen molar-refractivity contribution in [2.75, 3.05) is 19.7 Å². The molecule has 0 spiro atoms. The van der Waals surface area contributed by atoms with Gasteiger partial charge in [0.1, 0.15) is 5.75 Å². The molecule has 0 bridgehead atoms. The topological polar surface area (TPSA) is 131 Å². The van der Waals surface area contributed by atoms with Crippen molar-refractivity contribution in [1.82, 2.24) is 11.1 Å². The predicted molar refractivity (Wildman–Crippen MR) is 123 cm³/mol. The van der Waals surface area contributed by atoms with Gasteiger partial charge in [0.05, 0.1) is 12.7 Å². The molecule has 8 nitrogen and oxygen atoms in total. The number of rotatable bonds is 11. The molecule has 1 fully saturated rings. The second-order valence-corrected chi connectivity index (χ2v) is 8.98. The Balaban J connectivity index is 0.00000363. The van der Waals surface area contributed by atoms with Gasteiger partial charge in [0.15, 0.2) is 0 Å². The van der Waals surface area contributed by atoms with Gasteiger partial charge in [-0.15, -0.1) is 0 Å². The summed E-state index contributed by atoms with van der Waals surface area (Å²) in [5.41, 5.74) is 2.36. The van der Waals surface area contributed by atoms with Crippen LogP contribution < -0.4 is 10.9 Å². The van der Waals surface area contributed by atoms with Crippen LogP contribution in [0.25, 0.3) is 0 Å². The number of amides is 1. The second-order valence-electron chi connectivity index (χ2n) is 7.78. The number of benzene rings is 2. The zero-order valence-electron chi connectivity index (χ0n) is 18.3. The molecule has 0 saturated carbocycles. The first-order valence-corrected chi connectivity index (χ1v) is 12.2. The number of carbonyl (C=O) groups is 1. The quantitative estimate of drug-likeness (QED) is 0.339. The number of ether oxygens (including phenoxy) is 1. The van der Waals surface area contributed by atoms with Crippen molar-refractivity contribution in [3.05, 3.63) is 65.7 Å². The monoisotopic (exact) mass is 464 g/mol. The van der Waals surface area contributed by atoms with Gasteiger partial charge >= 0.3 is 7.82 Å². The molecule has 1 atom stereocenters. The normalized spacial score (nSPS) is 15.9. The molecule has 1 amide bonds. The van der Waals surface area contributed by atoms with Crippen LogP contribution in [0.3, 0.4) is 0 Å². The van der Waals surface area contributed by atoms with Crippen LogP contribution in [0, 0.1) is 0 Å². The molecule has 5 N–H and O–H groups in total. The van der Waals surface area contributed by atoms with Crippen LogP contribution in [-0.2, 0) is 26.7 Å². The molecule has 0 radical (unpaired) electrons. The van der Waals surface area contributed by atoms with Gasteiger partial charge in [0.2, 0.25) is 5.91 Å². The number of aryl methyl sites for hydroxylation is 2. The summed E-state index contributed by atoms with van der Waals surface area (Å²) in [5, 5.41) is 0. The first-order chi connectivity index (χ1) is 14.9. The van der Waals surface area contributed by atoms with Crippen molar-refractivity contribution in [3.8, 4) is 5.75 Å². The Bertz CT molecular complexity index is 889. The summed E-state index contributed by atoms with van der Waals surface area (Å²) >= 11 is 0. The Morgan fingerprint density at radius 2 is 1.78 bits per heavy atom. The molecular formula is C23H33N2O6P. The summed E-state index contributed by atoms with van der Waals surface area (Å²) < 4.78 is 21.5. The SMILES string of the molecule is N.O=C(CCc1cccc(OCCCCc2ccccc2)c1)N1CC[C@@H](OP(=O)(O)O)C1. The van der Waals surface area contributed by atoms with E-state index in [1.807, 2.05) is 30.3 Å². The predicted octanol–water partition coefficient (Wildman–Crippen LogP) is 3.89. The number of carbonyl (C=O) groups excluding carboxylic acids is 1. The Hall–Kier alpha value is -2.22. The number of phosphoric ester groups is 1. The molecule has 3 rings (SSSR count). The minimum atomic E-state index is -4.52. The molecule has 2 aromatic rings. The highest BCUT2D eigenvalue weighted by atomic mass is 31.2.